The lowest BCUT2D eigenvalue weighted by atomic mass is 9.82. The highest BCUT2D eigenvalue weighted by Crippen LogP contribution is 2.49. The lowest BCUT2D eigenvalue weighted by molar-refractivity contribution is -0.218. The van der Waals surface area contributed by atoms with Crippen LogP contribution in [-0.2, 0) is 4.79 Å². The van der Waals surface area contributed by atoms with Crippen LogP contribution >= 0.6 is 0 Å². The molecular weight excluding hydrogens is 296 g/mol. The first-order chi connectivity index (χ1) is 10.3. The summed E-state index contributed by atoms with van der Waals surface area (Å²) in [7, 11) is 0. The molecule has 0 amide bonds. The van der Waals surface area contributed by atoms with Gasteiger partial charge in [-0.25, -0.2) is 0 Å². The molecule has 6 heteroatoms. The van der Waals surface area contributed by atoms with Crippen LogP contribution in [0.2, 0.25) is 0 Å². The maximum atomic E-state index is 11.5. The smallest absolute Gasteiger partial charge is 0.308 e. The van der Waals surface area contributed by atoms with E-state index in [0.717, 1.165) is 12.8 Å². The molecule has 0 aliphatic carbocycles. The normalized spacial score (nSPS) is 40.6. The van der Waals surface area contributed by atoms with Crippen molar-refractivity contribution in [3.63, 3.8) is 0 Å². The number of hydroxylamine groups is 4. The molecule has 0 bridgehead atoms. The zero-order chi connectivity index (χ0) is 17.8. The van der Waals surface area contributed by atoms with E-state index in [1.165, 1.54) is 10.1 Å². The van der Waals surface area contributed by atoms with Gasteiger partial charge in [0.15, 0.2) is 0 Å². The molecule has 0 aromatic heterocycles. The monoisotopic (exact) mass is 328 g/mol. The SMILES string of the molecule is CC1(C)CCC(C)(CCC2(C)CC(C(=O)O)C(C)(C)N2O)N1O. The molecule has 2 aliphatic rings. The van der Waals surface area contributed by atoms with E-state index in [2.05, 4.69) is 0 Å². The van der Waals surface area contributed by atoms with Gasteiger partial charge < -0.3 is 15.5 Å². The van der Waals surface area contributed by atoms with Gasteiger partial charge in [-0.15, -0.1) is 0 Å². The molecule has 2 saturated heterocycles. The molecule has 3 atom stereocenters. The van der Waals surface area contributed by atoms with Crippen molar-refractivity contribution >= 4 is 5.97 Å². The van der Waals surface area contributed by atoms with Crippen molar-refractivity contribution in [2.24, 2.45) is 5.92 Å². The van der Waals surface area contributed by atoms with Crippen LogP contribution in [0, 0.1) is 5.92 Å². The predicted octanol–water partition coefficient (Wildman–Crippen LogP) is 3.12. The van der Waals surface area contributed by atoms with Crippen LogP contribution in [0.4, 0.5) is 0 Å². The molecule has 0 saturated carbocycles. The van der Waals surface area contributed by atoms with E-state index in [4.69, 9.17) is 0 Å². The van der Waals surface area contributed by atoms with Gasteiger partial charge >= 0.3 is 5.97 Å². The molecule has 2 fully saturated rings. The fourth-order valence-corrected chi connectivity index (χ4v) is 4.50. The third-order valence-electron chi connectivity index (χ3n) is 6.41. The topological polar surface area (TPSA) is 84.2 Å². The Morgan fingerprint density at radius 2 is 1.48 bits per heavy atom. The first-order valence-electron chi connectivity index (χ1n) is 8.48. The predicted molar refractivity (Wildman–Crippen MR) is 86.4 cm³/mol. The van der Waals surface area contributed by atoms with Gasteiger partial charge in [0.05, 0.1) is 11.5 Å². The fourth-order valence-electron chi connectivity index (χ4n) is 4.50. The highest BCUT2D eigenvalue weighted by molar-refractivity contribution is 5.72. The van der Waals surface area contributed by atoms with Gasteiger partial charge in [0.25, 0.3) is 0 Å². The molecule has 0 aromatic rings. The first-order valence-corrected chi connectivity index (χ1v) is 8.48. The van der Waals surface area contributed by atoms with Crippen LogP contribution in [0.1, 0.15) is 73.6 Å². The molecule has 134 valence electrons. The Hall–Kier alpha value is -0.690. The molecule has 0 radical (unpaired) electrons. The summed E-state index contributed by atoms with van der Waals surface area (Å²) in [5.41, 5.74) is -1.97. The Morgan fingerprint density at radius 1 is 0.957 bits per heavy atom. The Morgan fingerprint density at radius 3 is 1.87 bits per heavy atom. The Balaban J connectivity index is 2.13. The molecule has 23 heavy (non-hydrogen) atoms. The molecule has 3 unspecified atom stereocenters. The van der Waals surface area contributed by atoms with E-state index in [1.54, 1.807) is 13.8 Å². The minimum atomic E-state index is -0.866. The molecule has 2 aliphatic heterocycles. The van der Waals surface area contributed by atoms with Crippen molar-refractivity contribution in [3.05, 3.63) is 0 Å². The van der Waals surface area contributed by atoms with Crippen LogP contribution in [0.15, 0.2) is 0 Å². The standard InChI is InChI=1S/C17H32N2O4/c1-14(2)7-8-16(5,18(14)22)9-10-17(6)11-12(13(20)21)15(3,4)19(17)23/h12,22-23H,7-11H2,1-6H3,(H,20,21). The van der Waals surface area contributed by atoms with Crippen LogP contribution in [0.3, 0.4) is 0 Å². The maximum absolute atomic E-state index is 11.5. The largest absolute Gasteiger partial charge is 0.481 e. The van der Waals surface area contributed by atoms with Crippen LogP contribution in [-0.4, -0.2) is 53.8 Å². The summed E-state index contributed by atoms with van der Waals surface area (Å²) in [5, 5.41) is 33.3. The minimum Gasteiger partial charge on any atom is -0.481 e. The molecule has 2 heterocycles. The lowest BCUT2D eigenvalue weighted by Crippen LogP contribution is -2.52. The van der Waals surface area contributed by atoms with Crippen molar-refractivity contribution in [1.82, 2.24) is 10.1 Å². The van der Waals surface area contributed by atoms with Gasteiger partial charge in [0.2, 0.25) is 0 Å². The van der Waals surface area contributed by atoms with Gasteiger partial charge in [-0.05, 0) is 73.6 Å². The average Bonchev–Trinajstić information content (AvgIpc) is 2.76. The Labute approximate surface area is 139 Å². The minimum absolute atomic E-state index is 0.243. The Kier molecular flexibility index (Phi) is 4.39. The summed E-state index contributed by atoms with van der Waals surface area (Å²) in [6.07, 6.45) is 3.58. The number of hydrogen-bond acceptors (Lipinski definition) is 5. The first kappa shape index (κ1) is 18.6. The molecule has 3 N–H and O–H groups in total. The van der Waals surface area contributed by atoms with Crippen LogP contribution in [0.5, 0.6) is 0 Å². The second-order valence-electron chi connectivity index (χ2n) is 9.18. The second kappa shape index (κ2) is 5.41. The number of carboxylic acid groups (broad SMARTS) is 1. The third-order valence-corrected chi connectivity index (χ3v) is 6.41. The van der Waals surface area contributed by atoms with Gasteiger partial charge in [0, 0.05) is 16.6 Å². The van der Waals surface area contributed by atoms with Crippen molar-refractivity contribution in [3.8, 4) is 0 Å². The zero-order valence-corrected chi connectivity index (χ0v) is 15.3. The van der Waals surface area contributed by atoms with E-state index in [1.807, 2.05) is 27.7 Å². The van der Waals surface area contributed by atoms with Crippen molar-refractivity contribution < 1.29 is 20.3 Å². The summed E-state index contributed by atoms with van der Waals surface area (Å²) >= 11 is 0. The van der Waals surface area contributed by atoms with E-state index in [9.17, 15) is 20.3 Å². The van der Waals surface area contributed by atoms with Gasteiger partial charge in [-0.1, -0.05) is 0 Å². The molecule has 0 aromatic carbocycles. The molecular formula is C17H32N2O4. The summed E-state index contributed by atoms with van der Waals surface area (Å²) in [6, 6.07) is 0. The van der Waals surface area contributed by atoms with E-state index in [-0.39, 0.29) is 11.1 Å². The van der Waals surface area contributed by atoms with E-state index in [0.29, 0.717) is 19.3 Å². The summed E-state index contributed by atoms with van der Waals surface area (Å²) in [4.78, 5) is 11.5. The number of aliphatic carboxylic acids is 1. The van der Waals surface area contributed by atoms with Crippen LogP contribution in [0.25, 0.3) is 0 Å². The summed E-state index contributed by atoms with van der Waals surface area (Å²) < 4.78 is 0. The second-order valence-corrected chi connectivity index (χ2v) is 9.18. The number of hydrogen-bond donors (Lipinski definition) is 3. The maximum Gasteiger partial charge on any atom is 0.308 e. The summed E-state index contributed by atoms with van der Waals surface area (Å²) in [6.45, 7) is 11.6. The fraction of sp³-hybridized carbons (Fsp3) is 0.941. The van der Waals surface area contributed by atoms with E-state index < -0.39 is 23.0 Å². The van der Waals surface area contributed by atoms with Gasteiger partial charge in [-0.3, -0.25) is 4.79 Å². The quantitative estimate of drug-likeness (QED) is 0.735. The molecule has 2 rings (SSSR count). The number of rotatable bonds is 4. The van der Waals surface area contributed by atoms with Crippen molar-refractivity contribution in [2.75, 3.05) is 0 Å². The number of carboxylic acids is 1. The Bertz CT molecular complexity index is 493. The van der Waals surface area contributed by atoms with Crippen molar-refractivity contribution in [1.29, 1.82) is 0 Å². The number of nitrogens with zero attached hydrogens (tertiary/aromatic N) is 2. The van der Waals surface area contributed by atoms with Crippen molar-refractivity contribution in [2.45, 2.75) is 95.8 Å². The zero-order valence-electron chi connectivity index (χ0n) is 15.3. The van der Waals surface area contributed by atoms with Crippen LogP contribution < -0.4 is 0 Å². The number of carbonyl (C=O) groups is 1. The highest BCUT2D eigenvalue weighted by atomic mass is 16.5. The summed E-state index contributed by atoms with van der Waals surface area (Å²) in [5.74, 6) is -1.47. The van der Waals surface area contributed by atoms with Gasteiger partial charge in [0.1, 0.15) is 0 Å². The molecule has 6 nitrogen and oxygen atoms in total. The van der Waals surface area contributed by atoms with E-state index >= 15 is 0 Å². The highest BCUT2D eigenvalue weighted by Gasteiger charge is 2.57. The lowest BCUT2D eigenvalue weighted by Gasteiger charge is -2.41. The average molecular weight is 328 g/mol. The van der Waals surface area contributed by atoms with Gasteiger partial charge in [-0.2, -0.15) is 10.1 Å². The third kappa shape index (κ3) is 2.90. The molecule has 0 spiro atoms.